The molecule has 4 heterocycles. The molecule has 1 aliphatic carbocycles. The average Bonchev–Trinajstić information content (AvgIpc) is 3.60. The highest BCUT2D eigenvalue weighted by atomic mass is 19.1. The van der Waals surface area contributed by atoms with Gasteiger partial charge in [-0.15, -0.1) is 10.2 Å². The van der Waals surface area contributed by atoms with E-state index in [-0.39, 0.29) is 11.7 Å². The summed E-state index contributed by atoms with van der Waals surface area (Å²) in [6, 6.07) is 12.1. The molecule has 0 radical (unpaired) electrons. The third-order valence-corrected chi connectivity index (χ3v) is 8.19. The molecule has 6 rings (SSSR count). The van der Waals surface area contributed by atoms with Crippen LogP contribution in [0.25, 0.3) is 10.9 Å². The second-order valence-corrected chi connectivity index (χ2v) is 10.2. The first kappa shape index (κ1) is 22.5. The molecule has 3 aromatic rings. The Morgan fingerprint density at radius 1 is 0.829 bits per heavy atom. The molecule has 0 bridgehead atoms. The van der Waals surface area contributed by atoms with E-state index in [1.165, 1.54) is 18.9 Å². The lowest BCUT2D eigenvalue weighted by Crippen LogP contribution is -2.51. The molecule has 184 valence electrons. The van der Waals surface area contributed by atoms with Gasteiger partial charge in [0, 0.05) is 62.9 Å². The second-order valence-electron chi connectivity index (χ2n) is 10.2. The van der Waals surface area contributed by atoms with Crippen molar-refractivity contribution < 1.29 is 9.18 Å². The summed E-state index contributed by atoms with van der Waals surface area (Å²) in [4.78, 5) is 19.3. The van der Waals surface area contributed by atoms with Gasteiger partial charge in [0.15, 0.2) is 11.5 Å². The van der Waals surface area contributed by atoms with Crippen LogP contribution in [0.1, 0.15) is 55.1 Å². The number of benzene rings is 1. The second kappa shape index (κ2) is 9.57. The molecule has 8 heteroatoms. The first-order chi connectivity index (χ1) is 17.2. The van der Waals surface area contributed by atoms with E-state index in [0.717, 1.165) is 81.7 Å². The molecular formula is C27H33FN6O. The molecule has 0 unspecified atom stereocenters. The number of carbonyl (C=O) groups is 1. The number of hydrogen-bond acceptors (Lipinski definition) is 5. The van der Waals surface area contributed by atoms with Crippen LogP contribution in [0, 0.1) is 5.82 Å². The predicted octanol–water partition coefficient (Wildman–Crippen LogP) is 4.11. The van der Waals surface area contributed by atoms with Gasteiger partial charge in [-0.1, -0.05) is 6.07 Å². The van der Waals surface area contributed by atoms with Crippen LogP contribution in [-0.2, 0) is 0 Å². The van der Waals surface area contributed by atoms with Crippen molar-refractivity contribution in [3.8, 4) is 0 Å². The Morgan fingerprint density at radius 3 is 2.29 bits per heavy atom. The van der Waals surface area contributed by atoms with E-state index in [0.29, 0.717) is 17.8 Å². The van der Waals surface area contributed by atoms with Gasteiger partial charge in [0.25, 0.3) is 5.91 Å². The number of likely N-dealkylation sites (tertiary alicyclic amines) is 1. The third-order valence-electron chi connectivity index (χ3n) is 8.19. The molecule has 1 aromatic carbocycles. The molecule has 2 aliphatic heterocycles. The highest BCUT2D eigenvalue weighted by Crippen LogP contribution is 2.34. The molecule has 0 atom stereocenters. The van der Waals surface area contributed by atoms with Crippen LogP contribution >= 0.6 is 0 Å². The lowest BCUT2D eigenvalue weighted by atomic mass is 9.89. The van der Waals surface area contributed by atoms with Gasteiger partial charge in [0.1, 0.15) is 5.82 Å². The van der Waals surface area contributed by atoms with Gasteiger partial charge in [-0.25, -0.2) is 4.39 Å². The summed E-state index contributed by atoms with van der Waals surface area (Å²) in [5.74, 6) is 0.725. The highest BCUT2D eigenvalue weighted by molar-refractivity contribution is 5.92. The SMILES string of the molecule is O=C(c1ccc(N2CCN([C@H]3CC[C@@H](n4ccc5c(F)cccc54)CC3)CC2)nn1)N1CCCC1. The molecule has 35 heavy (non-hydrogen) atoms. The maximum absolute atomic E-state index is 14.1. The van der Waals surface area contributed by atoms with E-state index in [1.54, 1.807) is 0 Å². The number of rotatable bonds is 4. The summed E-state index contributed by atoms with van der Waals surface area (Å²) >= 11 is 0. The van der Waals surface area contributed by atoms with Crippen molar-refractivity contribution in [3.05, 3.63) is 54.1 Å². The fraction of sp³-hybridized carbons (Fsp3) is 0.519. The zero-order chi connectivity index (χ0) is 23.8. The number of halogens is 1. The number of carbonyl (C=O) groups excluding carboxylic acids is 1. The van der Waals surface area contributed by atoms with E-state index in [1.807, 2.05) is 35.2 Å². The van der Waals surface area contributed by atoms with Gasteiger partial charge >= 0.3 is 0 Å². The average molecular weight is 477 g/mol. The van der Waals surface area contributed by atoms with Crippen molar-refractivity contribution in [2.24, 2.45) is 0 Å². The minimum absolute atomic E-state index is 0.0000146. The molecule has 0 N–H and O–H groups in total. The van der Waals surface area contributed by atoms with Crippen molar-refractivity contribution >= 4 is 22.6 Å². The van der Waals surface area contributed by atoms with Crippen molar-refractivity contribution in [3.63, 3.8) is 0 Å². The Morgan fingerprint density at radius 2 is 1.57 bits per heavy atom. The number of anilines is 1. The topological polar surface area (TPSA) is 57.5 Å². The smallest absolute Gasteiger partial charge is 0.274 e. The third kappa shape index (κ3) is 4.40. The zero-order valence-electron chi connectivity index (χ0n) is 20.2. The highest BCUT2D eigenvalue weighted by Gasteiger charge is 2.30. The molecule has 2 saturated heterocycles. The summed E-state index contributed by atoms with van der Waals surface area (Å²) in [5, 5.41) is 9.35. The largest absolute Gasteiger partial charge is 0.353 e. The normalized spacial score (nSPS) is 23.8. The maximum atomic E-state index is 14.1. The lowest BCUT2D eigenvalue weighted by Gasteiger charge is -2.42. The van der Waals surface area contributed by atoms with Gasteiger partial charge < -0.3 is 14.4 Å². The number of fused-ring (bicyclic) bond motifs is 1. The molecule has 2 aromatic heterocycles. The summed E-state index contributed by atoms with van der Waals surface area (Å²) in [6.07, 6.45) is 8.81. The lowest BCUT2D eigenvalue weighted by molar-refractivity contribution is 0.0786. The van der Waals surface area contributed by atoms with Gasteiger partial charge in [0.2, 0.25) is 0 Å². The van der Waals surface area contributed by atoms with Crippen LogP contribution in [-0.4, -0.2) is 75.8 Å². The van der Waals surface area contributed by atoms with Gasteiger partial charge in [0.05, 0.1) is 5.52 Å². The van der Waals surface area contributed by atoms with Crippen molar-refractivity contribution in [1.29, 1.82) is 0 Å². The van der Waals surface area contributed by atoms with Crippen LogP contribution in [0.15, 0.2) is 42.6 Å². The van der Waals surface area contributed by atoms with Crippen molar-refractivity contribution in [1.82, 2.24) is 24.6 Å². The molecule has 7 nitrogen and oxygen atoms in total. The summed E-state index contributed by atoms with van der Waals surface area (Å²) in [6.45, 7) is 5.54. The van der Waals surface area contributed by atoms with Crippen LogP contribution < -0.4 is 4.90 Å². The Labute approximate surface area is 205 Å². The van der Waals surface area contributed by atoms with Crippen LogP contribution in [0.3, 0.4) is 0 Å². The Kier molecular flexibility index (Phi) is 6.14. The molecule has 1 amide bonds. The van der Waals surface area contributed by atoms with Crippen LogP contribution in [0.5, 0.6) is 0 Å². The van der Waals surface area contributed by atoms with Gasteiger partial charge in [-0.2, -0.15) is 0 Å². The Bertz CT molecular complexity index is 1170. The molecular weight excluding hydrogens is 443 g/mol. The van der Waals surface area contributed by atoms with Crippen LogP contribution in [0.2, 0.25) is 0 Å². The van der Waals surface area contributed by atoms with Crippen LogP contribution in [0.4, 0.5) is 10.2 Å². The number of aromatic nitrogens is 3. The predicted molar refractivity (Wildman–Crippen MR) is 134 cm³/mol. The molecule has 3 fully saturated rings. The number of hydrogen-bond donors (Lipinski definition) is 0. The first-order valence-electron chi connectivity index (χ1n) is 13.0. The monoisotopic (exact) mass is 476 g/mol. The van der Waals surface area contributed by atoms with E-state index < -0.39 is 0 Å². The van der Waals surface area contributed by atoms with Gasteiger partial charge in [-0.05, 0) is 68.9 Å². The summed E-state index contributed by atoms with van der Waals surface area (Å²) < 4.78 is 16.4. The molecule has 3 aliphatic rings. The molecule has 0 spiro atoms. The Hall–Kier alpha value is -3.00. The summed E-state index contributed by atoms with van der Waals surface area (Å²) in [7, 11) is 0. The number of amides is 1. The van der Waals surface area contributed by atoms with E-state index in [9.17, 15) is 9.18 Å². The van der Waals surface area contributed by atoms with E-state index in [4.69, 9.17) is 0 Å². The Balaban J connectivity index is 1.02. The number of nitrogens with zero attached hydrogens (tertiary/aromatic N) is 6. The van der Waals surface area contributed by atoms with Crippen molar-refractivity contribution in [2.75, 3.05) is 44.2 Å². The fourth-order valence-corrected chi connectivity index (χ4v) is 6.18. The first-order valence-corrected chi connectivity index (χ1v) is 13.0. The summed E-state index contributed by atoms with van der Waals surface area (Å²) in [5.41, 5.74) is 1.46. The number of piperazine rings is 1. The quantitative estimate of drug-likeness (QED) is 0.567. The zero-order valence-corrected chi connectivity index (χ0v) is 20.2. The van der Waals surface area contributed by atoms with E-state index in [2.05, 4.69) is 30.8 Å². The maximum Gasteiger partial charge on any atom is 0.274 e. The van der Waals surface area contributed by atoms with E-state index >= 15 is 0 Å². The fourth-order valence-electron chi connectivity index (χ4n) is 6.18. The standard InChI is InChI=1S/C27H33FN6O/c28-23-4-3-5-25-22(23)12-15-34(25)21-8-6-20(7-9-21)31-16-18-32(19-17-31)26-11-10-24(29-30-26)27(35)33-13-1-2-14-33/h3-5,10-12,15,20-21H,1-2,6-9,13-14,16-19H2/t20-,21+. The van der Waals surface area contributed by atoms with Gasteiger partial charge in [-0.3, -0.25) is 9.69 Å². The molecule has 1 saturated carbocycles. The van der Waals surface area contributed by atoms with Crippen molar-refractivity contribution in [2.45, 2.75) is 50.6 Å². The minimum atomic E-state index is -0.134. The minimum Gasteiger partial charge on any atom is -0.353 e.